The highest BCUT2D eigenvalue weighted by molar-refractivity contribution is 6.31. The van der Waals surface area contributed by atoms with Crippen molar-refractivity contribution in [3.63, 3.8) is 0 Å². The number of carbonyl (C=O) groups excluding carboxylic acids is 2. The van der Waals surface area contributed by atoms with Gasteiger partial charge in [0.1, 0.15) is 6.04 Å². The molecule has 1 saturated carbocycles. The van der Waals surface area contributed by atoms with Crippen molar-refractivity contribution in [2.45, 2.75) is 18.9 Å². The number of rotatable bonds is 7. The zero-order valence-electron chi connectivity index (χ0n) is 12.4. The molecule has 7 heteroatoms. The van der Waals surface area contributed by atoms with Gasteiger partial charge in [-0.1, -0.05) is 11.6 Å². The fraction of sp³-hybridized carbons (Fsp3) is 0.467. The molecule has 2 amide bonds. The summed E-state index contributed by atoms with van der Waals surface area (Å²) in [5.41, 5.74) is 6.38. The van der Waals surface area contributed by atoms with E-state index in [1.165, 1.54) is 13.2 Å². The Hall–Kier alpha value is -1.63. The SMILES string of the molecule is COCC(N)C(=O)Nc1ccc(Cl)cc1C(=O)NCC1CC1. The minimum atomic E-state index is -0.803. The van der Waals surface area contributed by atoms with Crippen LogP contribution in [-0.4, -0.2) is 38.1 Å². The number of benzene rings is 1. The molecule has 0 saturated heterocycles. The number of nitrogens with one attached hydrogen (secondary N) is 2. The lowest BCUT2D eigenvalue weighted by molar-refractivity contribution is -0.118. The molecule has 0 aliphatic heterocycles. The normalized spacial score (nSPS) is 15.2. The van der Waals surface area contributed by atoms with Crippen LogP contribution in [0, 0.1) is 5.92 Å². The third-order valence-corrected chi connectivity index (χ3v) is 3.65. The van der Waals surface area contributed by atoms with Gasteiger partial charge in [0.15, 0.2) is 0 Å². The number of nitrogens with two attached hydrogens (primary N) is 1. The zero-order chi connectivity index (χ0) is 16.1. The fourth-order valence-electron chi connectivity index (χ4n) is 1.95. The van der Waals surface area contributed by atoms with Gasteiger partial charge in [0, 0.05) is 18.7 Å². The smallest absolute Gasteiger partial charge is 0.253 e. The third kappa shape index (κ3) is 4.69. The van der Waals surface area contributed by atoms with Gasteiger partial charge in [0.2, 0.25) is 5.91 Å². The van der Waals surface area contributed by atoms with Crippen LogP contribution in [0.5, 0.6) is 0 Å². The maximum Gasteiger partial charge on any atom is 0.253 e. The van der Waals surface area contributed by atoms with Crippen LogP contribution in [0.3, 0.4) is 0 Å². The Bertz CT molecular complexity index is 561. The number of anilines is 1. The van der Waals surface area contributed by atoms with Crippen LogP contribution < -0.4 is 16.4 Å². The molecular weight excluding hydrogens is 306 g/mol. The zero-order valence-corrected chi connectivity index (χ0v) is 13.2. The minimum absolute atomic E-state index is 0.0998. The van der Waals surface area contributed by atoms with Crippen molar-refractivity contribution < 1.29 is 14.3 Å². The number of ether oxygens (including phenoxy) is 1. The molecule has 1 unspecified atom stereocenters. The van der Waals surface area contributed by atoms with E-state index in [-0.39, 0.29) is 12.5 Å². The van der Waals surface area contributed by atoms with Crippen molar-refractivity contribution in [3.05, 3.63) is 28.8 Å². The summed E-state index contributed by atoms with van der Waals surface area (Å²) in [5, 5.41) is 5.92. The van der Waals surface area contributed by atoms with Gasteiger partial charge in [0.05, 0.1) is 17.9 Å². The van der Waals surface area contributed by atoms with E-state index in [1.54, 1.807) is 12.1 Å². The molecule has 120 valence electrons. The fourth-order valence-corrected chi connectivity index (χ4v) is 2.12. The van der Waals surface area contributed by atoms with Gasteiger partial charge in [0.25, 0.3) is 5.91 Å². The molecule has 0 heterocycles. The third-order valence-electron chi connectivity index (χ3n) is 3.42. The Kier molecular flexibility index (Phi) is 5.76. The highest BCUT2D eigenvalue weighted by Gasteiger charge is 2.23. The first-order valence-corrected chi connectivity index (χ1v) is 7.52. The minimum Gasteiger partial charge on any atom is -0.383 e. The lowest BCUT2D eigenvalue weighted by Gasteiger charge is -2.14. The van der Waals surface area contributed by atoms with E-state index in [4.69, 9.17) is 22.1 Å². The predicted octanol–water partition coefficient (Wildman–Crippen LogP) is 1.39. The van der Waals surface area contributed by atoms with Gasteiger partial charge in [-0.05, 0) is 37.0 Å². The Balaban J connectivity index is 2.08. The van der Waals surface area contributed by atoms with Gasteiger partial charge < -0.3 is 21.1 Å². The topological polar surface area (TPSA) is 93.4 Å². The molecule has 2 rings (SSSR count). The van der Waals surface area contributed by atoms with Gasteiger partial charge >= 0.3 is 0 Å². The van der Waals surface area contributed by atoms with Crippen LogP contribution >= 0.6 is 11.6 Å². The first-order valence-electron chi connectivity index (χ1n) is 7.14. The summed E-state index contributed by atoms with van der Waals surface area (Å²) in [6.07, 6.45) is 2.29. The molecule has 1 atom stereocenters. The maximum absolute atomic E-state index is 12.3. The van der Waals surface area contributed by atoms with Crippen molar-refractivity contribution in [2.24, 2.45) is 11.7 Å². The molecule has 1 aromatic carbocycles. The van der Waals surface area contributed by atoms with E-state index in [0.717, 1.165) is 12.8 Å². The predicted molar refractivity (Wildman–Crippen MR) is 85.0 cm³/mol. The summed E-state index contributed by atoms with van der Waals surface area (Å²) < 4.78 is 4.84. The summed E-state index contributed by atoms with van der Waals surface area (Å²) in [6, 6.07) is 3.92. The first kappa shape index (κ1) is 16.7. The average Bonchev–Trinajstić information content (AvgIpc) is 3.31. The largest absolute Gasteiger partial charge is 0.383 e. The van der Waals surface area contributed by atoms with E-state index in [1.807, 2.05) is 0 Å². The van der Waals surface area contributed by atoms with Crippen LogP contribution in [0.25, 0.3) is 0 Å². The van der Waals surface area contributed by atoms with E-state index in [2.05, 4.69) is 10.6 Å². The molecule has 1 aliphatic carbocycles. The van der Waals surface area contributed by atoms with Gasteiger partial charge in [-0.3, -0.25) is 9.59 Å². The Morgan fingerprint density at radius 2 is 2.18 bits per heavy atom. The van der Waals surface area contributed by atoms with Gasteiger partial charge in [-0.25, -0.2) is 0 Å². The molecule has 0 spiro atoms. The maximum atomic E-state index is 12.3. The molecule has 0 bridgehead atoms. The van der Waals surface area contributed by atoms with E-state index in [9.17, 15) is 9.59 Å². The standard InChI is InChI=1S/C15H20ClN3O3/c1-22-8-12(17)15(21)19-13-5-4-10(16)6-11(13)14(20)18-7-9-2-3-9/h4-6,9,12H,2-3,7-8,17H2,1H3,(H,18,20)(H,19,21). The van der Waals surface area contributed by atoms with Crippen LogP contribution in [0.4, 0.5) is 5.69 Å². The van der Waals surface area contributed by atoms with E-state index in [0.29, 0.717) is 28.7 Å². The molecule has 4 N–H and O–H groups in total. The summed E-state index contributed by atoms with van der Waals surface area (Å²) >= 11 is 5.95. The van der Waals surface area contributed by atoms with Gasteiger partial charge in [-0.2, -0.15) is 0 Å². The number of hydrogen-bond donors (Lipinski definition) is 3. The van der Waals surface area contributed by atoms with Crippen LogP contribution in [0.1, 0.15) is 23.2 Å². The second-order valence-corrected chi connectivity index (χ2v) is 5.83. The summed E-state index contributed by atoms with van der Waals surface area (Å²) in [7, 11) is 1.46. The number of amides is 2. The molecule has 22 heavy (non-hydrogen) atoms. The Morgan fingerprint density at radius 3 is 2.82 bits per heavy atom. The lowest BCUT2D eigenvalue weighted by Crippen LogP contribution is -2.39. The number of hydrogen-bond acceptors (Lipinski definition) is 4. The van der Waals surface area contributed by atoms with Crippen molar-refractivity contribution in [2.75, 3.05) is 25.6 Å². The van der Waals surface area contributed by atoms with Crippen LogP contribution in [0.15, 0.2) is 18.2 Å². The highest BCUT2D eigenvalue weighted by atomic mass is 35.5. The average molecular weight is 326 g/mol. The van der Waals surface area contributed by atoms with Gasteiger partial charge in [-0.15, -0.1) is 0 Å². The lowest BCUT2D eigenvalue weighted by atomic mass is 10.1. The van der Waals surface area contributed by atoms with Crippen molar-refractivity contribution in [3.8, 4) is 0 Å². The molecular formula is C15H20ClN3O3. The molecule has 0 aromatic heterocycles. The first-order chi connectivity index (χ1) is 10.5. The van der Waals surface area contributed by atoms with Crippen molar-refractivity contribution in [1.29, 1.82) is 0 Å². The summed E-state index contributed by atoms with van der Waals surface area (Å²) in [6.45, 7) is 0.741. The van der Waals surface area contributed by atoms with Crippen LogP contribution in [-0.2, 0) is 9.53 Å². The number of carbonyl (C=O) groups is 2. The second-order valence-electron chi connectivity index (χ2n) is 5.39. The van der Waals surface area contributed by atoms with E-state index < -0.39 is 11.9 Å². The highest BCUT2D eigenvalue weighted by Crippen LogP contribution is 2.28. The van der Waals surface area contributed by atoms with Crippen molar-refractivity contribution in [1.82, 2.24) is 5.32 Å². The number of halogens is 1. The Labute approximate surface area is 134 Å². The summed E-state index contributed by atoms with van der Waals surface area (Å²) in [5.74, 6) is -0.110. The Morgan fingerprint density at radius 1 is 1.45 bits per heavy atom. The molecule has 6 nitrogen and oxygen atoms in total. The van der Waals surface area contributed by atoms with Crippen molar-refractivity contribution >= 4 is 29.1 Å². The van der Waals surface area contributed by atoms with Crippen LogP contribution in [0.2, 0.25) is 5.02 Å². The molecule has 0 radical (unpaired) electrons. The molecule has 1 aliphatic rings. The quantitative estimate of drug-likeness (QED) is 0.706. The monoisotopic (exact) mass is 325 g/mol. The summed E-state index contributed by atoms with van der Waals surface area (Å²) in [4.78, 5) is 24.2. The van der Waals surface area contributed by atoms with E-state index >= 15 is 0 Å². The number of methoxy groups -OCH3 is 1. The second kappa shape index (κ2) is 7.58. The molecule has 1 fully saturated rings. The molecule has 1 aromatic rings.